The Bertz CT molecular complexity index is 365. The van der Waals surface area contributed by atoms with Crippen molar-refractivity contribution >= 4 is 28.6 Å². The Labute approximate surface area is 94.0 Å². The van der Waals surface area contributed by atoms with Gasteiger partial charge in [0.2, 0.25) is 0 Å². The third kappa shape index (κ3) is 2.34. The summed E-state index contributed by atoms with van der Waals surface area (Å²) in [6, 6.07) is 2.79. The van der Waals surface area contributed by atoms with Crippen LogP contribution in [0.25, 0.3) is 0 Å². The number of ether oxygens (including phenoxy) is 1. The van der Waals surface area contributed by atoms with Gasteiger partial charge < -0.3 is 9.84 Å². The van der Waals surface area contributed by atoms with Gasteiger partial charge >= 0.3 is 5.97 Å². The zero-order valence-electron chi connectivity index (χ0n) is 7.38. The van der Waals surface area contributed by atoms with Crippen molar-refractivity contribution in [2.75, 3.05) is 7.11 Å². The smallest absolute Gasteiger partial charge is 0.310 e. The molecule has 1 rings (SSSR count). The minimum atomic E-state index is -0.582. The topological polar surface area (TPSA) is 46.5 Å². The summed E-state index contributed by atoms with van der Waals surface area (Å²) in [5.41, 5.74) is -0.0243. The van der Waals surface area contributed by atoms with Gasteiger partial charge in [0.05, 0.1) is 13.5 Å². The van der Waals surface area contributed by atoms with Crippen molar-refractivity contribution in [3.63, 3.8) is 0 Å². The predicted molar refractivity (Wildman–Crippen MR) is 56.5 cm³/mol. The molecule has 0 saturated heterocycles. The van der Waals surface area contributed by atoms with E-state index in [2.05, 4.69) is 4.74 Å². The highest BCUT2D eigenvalue weighted by Crippen LogP contribution is 2.24. The summed E-state index contributed by atoms with van der Waals surface area (Å²) >= 11 is 1.79. The summed E-state index contributed by atoms with van der Waals surface area (Å²) < 4.78 is 18.1. The molecule has 0 aliphatic carbocycles. The first-order valence-electron chi connectivity index (χ1n) is 3.79. The molecule has 76 valence electrons. The van der Waals surface area contributed by atoms with Gasteiger partial charge in [-0.3, -0.25) is 4.79 Å². The first-order chi connectivity index (χ1) is 6.56. The van der Waals surface area contributed by atoms with Gasteiger partial charge in [0, 0.05) is 9.13 Å². The Kier molecular flexibility index (Phi) is 3.68. The summed E-state index contributed by atoms with van der Waals surface area (Å²) in [7, 11) is 1.21. The molecule has 0 fully saturated rings. The van der Waals surface area contributed by atoms with Gasteiger partial charge in [0.25, 0.3) is 0 Å². The Morgan fingerprint density at radius 1 is 1.64 bits per heavy atom. The molecule has 0 atom stereocenters. The summed E-state index contributed by atoms with van der Waals surface area (Å²) in [4.78, 5) is 10.9. The van der Waals surface area contributed by atoms with E-state index in [4.69, 9.17) is 0 Å². The fourth-order valence-electron chi connectivity index (χ4n) is 0.967. The summed E-state index contributed by atoms with van der Waals surface area (Å²) in [5, 5.41) is 9.31. The number of carbonyl (C=O) groups is 1. The molecule has 0 aliphatic heterocycles. The fourth-order valence-corrected chi connectivity index (χ4v) is 1.47. The molecule has 1 aromatic rings. The Morgan fingerprint density at radius 3 is 2.86 bits per heavy atom. The molecular weight excluding hydrogens is 302 g/mol. The molecule has 0 aliphatic rings. The molecule has 3 nitrogen and oxygen atoms in total. The van der Waals surface area contributed by atoms with E-state index in [1.165, 1.54) is 19.2 Å². The van der Waals surface area contributed by atoms with Gasteiger partial charge in [-0.2, -0.15) is 0 Å². The van der Waals surface area contributed by atoms with Crippen LogP contribution in [-0.4, -0.2) is 18.2 Å². The lowest BCUT2D eigenvalue weighted by atomic mass is 10.1. The maximum Gasteiger partial charge on any atom is 0.310 e. The molecule has 5 heteroatoms. The maximum atomic E-state index is 13.4. The van der Waals surface area contributed by atoms with Crippen LogP contribution in [0.5, 0.6) is 5.75 Å². The predicted octanol–water partition coefficient (Wildman–Crippen LogP) is 1.85. The van der Waals surface area contributed by atoms with Crippen LogP contribution in [0.2, 0.25) is 0 Å². The van der Waals surface area contributed by atoms with Crippen LogP contribution in [0.15, 0.2) is 12.1 Å². The van der Waals surface area contributed by atoms with Crippen LogP contribution >= 0.6 is 22.6 Å². The van der Waals surface area contributed by atoms with Crippen LogP contribution < -0.4 is 0 Å². The molecule has 0 radical (unpaired) electrons. The molecule has 0 aromatic heterocycles. The van der Waals surface area contributed by atoms with Crippen molar-refractivity contribution in [3.8, 4) is 5.75 Å². The third-order valence-corrected chi connectivity index (χ3v) is 2.55. The largest absolute Gasteiger partial charge is 0.508 e. The van der Waals surface area contributed by atoms with E-state index in [1.54, 1.807) is 22.6 Å². The normalized spacial score (nSPS) is 9.93. The van der Waals surface area contributed by atoms with Gasteiger partial charge in [-0.1, -0.05) is 0 Å². The summed E-state index contributed by atoms with van der Waals surface area (Å²) in [6.07, 6.45) is -0.259. The van der Waals surface area contributed by atoms with E-state index in [0.29, 0.717) is 3.57 Å². The molecule has 1 aromatic carbocycles. The standard InChI is InChI=1S/C9H8FIO3/c1-14-8(13)4-5-7(12)3-2-6(11)9(5)10/h2-3,12H,4H2,1H3. The van der Waals surface area contributed by atoms with E-state index in [0.717, 1.165) is 0 Å². The number of hydrogen-bond donors (Lipinski definition) is 1. The van der Waals surface area contributed by atoms with E-state index >= 15 is 0 Å². The van der Waals surface area contributed by atoms with Gasteiger partial charge in [-0.05, 0) is 34.7 Å². The quantitative estimate of drug-likeness (QED) is 0.670. The van der Waals surface area contributed by atoms with Crippen molar-refractivity contribution in [1.82, 2.24) is 0 Å². The average Bonchev–Trinajstić information content (AvgIpc) is 2.18. The molecule has 0 saturated carbocycles. The molecular formula is C9H8FIO3. The Morgan fingerprint density at radius 2 is 2.29 bits per heavy atom. The lowest BCUT2D eigenvalue weighted by Crippen LogP contribution is -2.07. The van der Waals surface area contributed by atoms with Crippen molar-refractivity contribution < 1.29 is 19.0 Å². The van der Waals surface area contributed by atoms with Crippen molar-refractivity contribution in [1.29, 1.82) is 0 Å². The minimum absolute atomic E-state index is 0.0243. The first-order valence-corrected chi connectivity index (χ1v) is 4.86. The second-order valence-corrected chi connectivity index (χ2v) is 3.77. The second kappa shape index (κ2) is 4.59. The number of phenols is 1. The Hall–Kier alpha value is -0.850. The van der Waals surface area contributed by atoms with E-state index in [9.17, 15) is 14.3 Å². The molecule has 0 amide bonds. The van der Waals surface area contributed by atoms with Gasteiger partial charge in [0.15, 0.2) is 0 Å². The highest BCUT2D eigenvalue weighted by molar-refractivity contribution is 14.1. The summed E-state index contributed by atoms with van der Waals surface area (Å²) in [6.45, 7) is 0. The SMILES string of the molecule is COC(=O)Cc1c(O)ccc(I)c1F. The van der Waals surface area contributed by atoms with Crippen LogP contribution in [0.4, 0.5) is 4.39 Å². The number of carbonyl (C=O) groups excluding carboxylic acids is 1. The zero-order valence-corrected chi connectivity index (χ0v) is 9.54. The van der Waals surface area contributed by atoms with Crippen LogP contribution in [0, 0.1) is 9.39 Å². The fraction of sp³-hybridized carbons (Fsp3) is 0.222. The maximum absolute atomic E-state index is 13.4. The van der Waals surface area contributed by atoms with Crippen molar-refractivity contribution in [3.05, 3.63) is 27.1 Å². The van der Waals surface area contributed by atoms with Crippen LogP contribution in [-0.2, 0) is 16.0 Å². The first kappa shape index (κ1) is 11.2. The highest BCUT2D eigenvalue weighted by Gasteiger charge is 2.15. The van der Waals surface area contributed by atoms with Crippen LogP contribution in [0.3, 0.4) is 0 Å². The van der Waals surface area contributed by atoms with Gasteiger partial charge in [0.1, 0.15) is 11.6 Å². The van der Waals surface area contributed by atoms with Crippen molar-refractivity contribution in [2.24, 2.45) is 0 Å². The average molecular weight is 310 g/mol. The number of aromatic hydroxyl groups is 1. The highest BCUT2D eigenvalue weighted by atomic mass is 127. The zero-order chi connectivity index (χ0) is 10.7. The second-order valence-electron chi connectivity index (χ2n) is 2.61. The summed E-state index contributed by atoms with van der Waals surface area (Å²) in [5.74, 6) is -1.38. The molecule has 0 spiro atoms. The number of rotatable bonds is 2. The Balaban J connectivity index is 3.06. The van der Waals surface area contributed by atoms with E-state index in [-0.39, 0.29) is 17.7 Å². The number of benzene rings is 1. The lowest BCUT2D eigenvalue weighted by Gasteiger charge is -2.05. The third-order valence-electron chi connectivity index (χ3n) is 1.72. The molecule has 0 unspecified atom stereocenters. The van der Waals surface area contributed by atoms with Gasteiger partial charge in [-0.25, -0.2) is 4.39 Å². The van der Waals surface area contributed by atoms with Crippen LogP contribution in [0.1, 0.15) is 5.56 Å². The minimum Gasteiger partial charge on any atom is -0.508 e. The van der Waals surface area contributed by atoms with E-state index in [1.807, 2.05) is 0 Å². The molecule has 14 heavy (non-hydrogen) atoms. The van der Waals surface area contributed by atoms with Gasteiger partial charge in [-0.15, -0.1) is 0 Å². The molecule has 1 N–H and O–H groups in total. The number of hydrogen-bond acceptors (Lipinski definition) is 3. The number of methoxy groups -OCH3 is 1. The lowest BCUT2D eigenvalue weighted by molar-refractivity contribution is -0.139. The van der Waals surface area contributed by atoms with Crippen molar-refractivity contribution in [2.45, 2.75) is 6.42 Å². The van der Waals surface area contributed by atoms with E-state index < -0.39 is 11.8 Å². The number of halogens is 2. The monoisotopic (exact) mass is 310 g/mol. The number of phenolic OH excluding ortho intramolecular Hbond substituents is 1. The molecule has 0 heterocycles. The molecule has 0 bridgehead atoms. The number of esters is 1.